The Kier molecular flexibility index (Phi) is 7.23. The van der Waals surface area contributed by atoms with Gasteiger partial charge >= 0.3 is 20.5 Å². The second kappa shape index (κ2) is 7.49. The maximum Gasteiger partial charge on any atom is 0.330 e. The monoisotopic (exact) mass is 350 g/mol. The predicted octanol–water partition coefficient (Wildman–Crippen LogP) is 2.48. The molecule has 122 valence electrons. The van der Waals surface area contributed by atoms with Crippen LogP contribution in [0.3, 0.4) is 0 Å². The van der Waals surface area contributed by atoms with Gasteiger partial charge in [0.15, 0.2) is 8.32 Å². The van der Waals surface area contributed by atoms with Crippen LogP contribution in [0.2, 0.25) is 45.8 Å². The number of esters is 1. The van der Waals surface area contributed by atoms with Gasteiger partial charge in [-0.1, -0.05) is 0 Å². The van der Waals surface area contributed by atoms with Crippen LogP contribution in [0.25, 0.3) is 0 Å². The van der Waals surface area contributed by atoms with Gasteiger partial charge in [0.25, 0.3) is 0 Å². The van der Waals surface area contributed by atoms with Gasteiger partial charge in [-0.25, -0.2) is 9.59 Å². The number of hydrogen-bond acceptors (Lipinski definition) is 5. The average Bonchev–Trinajstić information content (AvgIpc) is 2.18. The summed E-state index contributed by atoms with van der Waals surface area (Å²) < 4.78 is 17.3. The van der Waals surface area contributed by atoms with E-state index < -0.39 is 37.1 Å². The Balaban J connectivity index is 4.49. The molecule has 9 heteroatoms. The van der Waals surface area contributed by atoms with Crippen molar-refractivity contribution in [3.63, 3.8) is 0 Å². The first kappa shape index (κ1) is 20.3. The largest absolute Gasteiger partial charge is 0.478 e. The molecule has 0 rings (SSSR count). The molecule has 0 aliphatic heterocycles. The zero-order valence-electron chi connectivity index (χ0n) is 13.9. The highest BCUT2D eigenvalue weighted by Gasteiger charge is 2.38. The van der Waals surface area contributed by atoms with Crippen LogP contribution in [-0.4, -0.2) is 48.5 Å². The fourth-order valence-corrected chi connectivity index (χ4v) is 14.4. The molecule has 0 saturated heterocycles. The third kappa shape index (κ3) is 11.6. The van der Waals surface area contributed by atoms with Gasteiger partial charge in [-0.3, -0.25) is 0 Å². The van der Waals surface area contributed by atoms with Gasteiger partial charge in [0.2, 0.25) is 8.32 Å². The molecule has 0 aromatic carbocycles. The highest BCUT2D eigenvalue weighted by atomic mass is 28.5. The third-order valence-electron chi connectivity index (χ3n) is 2.00. The molecule has 0 saturated carbocycles. The standard InChI is InChI=1S/C12H26O6Si3/c1-19(2,3)17-21(6,7)18-20(4,5)10-16-12(15)9-8-11(13)14/h8-9H,10H2,1-7H3,(H,13,14)/b9-8+. The summed E-state index contributed by atoms with van der Waals surface area (Å²) in [6.07, 6.45) is 1.82. The Morgan fingerprint density at radius 2 is 1.48 bits per heavy atom. The molecule has 1 N–H and O–H groups in total. The minimum absolute atomic E-state index is 0.168. The lowest BCUT2D eigenvalue weighted by atomic mass is 10.5. The van der Waals surface area contributed by atoms with E-state index in [-0.39, 0.29) is 6.23 Å². The van der Waals surface area contributed by atoms with Crippen molar-refractivity contribution in [2.45, 2.75) is 45.8 Å². The Morgan fingerprint density at radius 1 is 0.952 bits per heavy atom. The van der Waals surface area contributed by atoms with Crippen molar-refractivity contribution in [3.05, 3.63) is 12.2 Å². The summed E-state index contributed by atoms with van der Waals surface area (Å²) in [5, 5.41) is 8.43. The Bertz CT molecular complexity index is 412. The van der Waals surface area contributed by atoms with Crippen molar-refractivity contribution in [1.29, 1.82) is 0 Å². The number of carboxylic acids is 1. The predicted molar refractivity (Wildman–Crippen MR) is 88.2 cm³/mol. The van der Waals surface area contributed by atoms with Gasteiger partial charge in [-0.2, -0.15) is 0 Å². The number of hydrogen-bond donors (Lipinski definition) is 1. The summed E-state index contributed by atoms with van der Waals surface area (Å²) in [5.41, 5.74) is 0. The van der Waals surface area contributed by atoms with Crippen LogP contribution >= 0.6 is 0 Å². The fraction of sp³-hybridized carbons (Fsp3) is 0.667. The summed E-state index contributed by atoms with van der Waals surface area (Å²) in [6, 6.07) is 0. The van der Waals surface area contributed by atoms with Crippen molar-refractivity contribution < 1.29 is 27.7 Å². The fourth-order valence-electron chi connectivity index (χ4n) is 1.89. The molecular formula is C12H26O6Si3. The van der Waals surface area contributed by atoms with Crippen molar-refractivity contribution in [3.8, 4) is 0 Å². The number of carboxylic acid groups (broad SMARTS) is 1. The molecule has 0 bridgehead atoms. The molecule has 0 aromatic heterocycles. The summed E-state index contributed by atoms with van der Waals surface area (Å²) in [7, 11) is -6.17. The zero-order valence-corrected chi connectivity index (χ0v) is 16.9. The smallest absolute Gasteiger partial charge is 0.330 e. The highest BCUT2D eigenvalue weighted by molar-refractivity contribution is 6.87. The van der Waals surface area contributed by atoms with Crippen molar-refractivity contribution in [2.24, 2.45) is 0 Å². The second-order valence-electron chi connectivity index (χ2n) is 6.76. The number of carbonyl (C=O) groups excluding carboxylic acids is 1. The summed E-state index contributed by atoms with van der Waals surface area (Å²) in [4.78, 5) is 21.7. The molecule has 0 aliphatic rings. The Morgan fingerprint density at radius 3 is 1.90 bits per heavy atom. The molecule has 0 atom stereocenters. The van der Waals surface area contributed by atoms with Crippen LogP contribution in [0.15, 0.2) is 12.2 Å². The maximum absolute atomic E-state index is 11.4. The van der Waals surface area contributed by atoms with E-state index in [9.17, 15) is 9.59 Å². The van der Waals surface area contributed by atoms with Crippen LogP contribution in [0, 0.1) is 0 Å². The molecule has 6 nitrogen and oxygen atoms in total. The molecule has 21 heavy (non-hydrogen) atoms. The van der Waals surface area contributed by atoms with Gasteiger partial charge in [0, 0.05) is 12.2 Å². The highest BCUT2D eigenvalue weighted by Crippen LogP contribution is 2.20. The first-order chi connectivity index (χ1) is 9.22. The van der Waals surface area contributed by atoms with E-state index in [0.717, 1.165) is 12.2 Å². The van der Waals surface area contributed by atoms with E-state index in [1.165, 1.54) is 0 Å². The molecule has 0 spiro atoms. The average molecular weight is 351 g/mol. The molecule has 0 unspecified atom stereocenters. The lowest BCUT2D eigenvalue weighted by molar-refractivity contribution is -0.137. The van der Waals surface area contributed by atoms with Crippen molar-refractivity contribution in [1.82, 2.24) is 0 Å². The van der Waals surface area contributed by atoms with Crippen molar-refractivity contribution >= 4 is 37.1 Å². The summed E-state index contributed by atoms with van der Waals surface area (Å²) in [6.45, 7) is 14.2. The quantitative estimate of drug-likeness (QED) is 0.411. The SMILES string of the molecule is C[Si](C)(C)O[Si](C)(C)O[Si](C)(C)COC(=O)/C=C/C(=O)O. The first-order valence-electron chi connectivity index (χ1n) is 6.71. The topological polar surface area (TPSA) is 82.1 Å². The number of rotatable bonds is 8. The van der Waals surface area contributed by atoms with Crippen LogP contribution in [0.4, 0.5) is 0 Å². The second-order valence-corrected chi connectivity index (χ2v) is 19.2. The molecule has 0 radical (unpaired) electrons. The molecule has 0 amide bonds. The van der Waals surface area contributed by atoms with Gasteiger partial charge in [0.1, 0.15) is 6.23 Å². The molecule has 0 aliphatic carbocycles. The molecule has 0 heterocycles. The third-order valence-corrected chi connectivity index (χ3v) is 11.4. The maximum atomic E-state index is 11.4. The lowest BCUT2D eigenvalue weighted by Gasteiger charge is -2.36. The Labute approximate surface area is 129 Å². The summed E-state index contributed by atoms with van der Waals surface area (Å²) in [5.74, 6) is -1.86. The van der Waals surface area contributed by atoms with E-state index in [1.54, 1.807) is 0 Å². The van der Waals surface area contributed by atoms with E-state index in [1.807, 2.05) is 26.2 Å². The van der Waals surface area contributed by atoms with Crippen LogP contribution in [0.1, 0.15) is 0 Å². The molecular weight excluding hydrogens is 324 g/mol. The lowest BCUT2D eigenvalue weighted by Crippen LogP contribution is -2.53. The minimum atomic E-state index is -2.26. The van der Waals surface area contributed by atoms with Crippen molar-refractivity contribution in [2.75, 3.05) is 6.23 Å². The minimum Gasteiger partial charge on any atom is -0.478 e. The van der Waals surface area contributed by atoms with E-state index in [4.69, 9.17) is 18.1 Å². The van der Waals surface area contributed by atoms with E-state index in [0.29, 0.717) is 0 Å². The van der Waals surface area contributed by atoms with Gasteiger partial charge in [-0.05, 0) is 45.8 Å². The van der Waals surface area contributed by atoms with Gasteiger partial charge in [0.05, 0.1) is 0 Å². The van der Waals surface area contributed by atoms with Crippen LogP contribution in [0.5, 0.6) is 0 Å². The first-order valence-corrected chi connectivity index (χ1v) is 16.0. The van der Waals surface area contributed by atoms with Gasteiger partial charge in [-0.15, -0.1) is 0 Å². The van der Waals surface area contributed by atoms with Gasteiger partial charge < -0.3 is 18.1 Å². The normalized spacial score (nSPS) is 13.5. The van der Waals surface area contributed by atoms with E-state index in [2.05, 4.69) is 19.6 Å². The number of ether oxygens (including phenoxy) is 1. The van der Waals surface area contributed by atoms with Crippen LogP contribution in [-0.2, 0) is 22.6 Å². The number of carbonyl (C=O) groups is 2. The summed E-state index contributed by atoms with van der Waals surface area (Å²) >= 11 is 0. The number of aliphatic carboxylic acids is 1. The zero-order chi connectivity index (χ0) is 16.9. The molecule has 0 aromatic rings. The van der Waals surface area contributed by atoms with E-state index >= 15 is 0 Å². The van der Waals surface area contributed by atoms with Crippen LogP contribution < -0.4 is 0 Å². The molecule has 0 fully saturated rings. The Hall–Kier alpha value is -0.749.